The van der Waals surface area contributed by atoms with Gasteiger partial charge in [-0.1, -0.05) is 18.2 Å². The molecular weight excluding hydrogens is 234 g/mol. The Bertz CT molecular complexity index is 621. The second kappa shape index (κ2) is 5.42. The third kappa shape index (κ3) is 2.38. The zero-order chi connectivity index (χ0) is 13.0. The molecule has 2 aromatic rings. The Morgan fingerprint density at radius 2 is 2.06 bits per heavy atom. The Kier molecular flexibility index (Phi) is 3.69. The van der Waals surface area contributed by atoms with Gasteiger partial charge in [0.05, 0.1) is 5.39 Å². The van der Waals surface area contributed by atoms with Gasteiger partial charge >= 0.3 is 0 Å². The lowest BCUT2D eigenvalue weighted by Gasteiger charge is -2.05. The molecule has 6 heteroatoms. The summed E-state index contributed by atoms with van der Waals surface area (Å²) in [6.07, 6.45) is 0.479. The molecule has 0 saturated carbocycles. The van der Waals surface area contributed by atoms with E-state index in [-0.39, 0.29) is 23.8 Å². The SMILES string of the molecule is O=C(NCCCO)c1n[nH]c(=O)c2ccccc12. The van der Waals surface area contributed by atoms with Crippen LogP contribution in [0.4, 0.5) is 0 Å². The molecule has 1 aromatic heterocycles. The standard InChI is InChI=1S/C12H13N3O3/c16-7-3-6-13-12(18)10-8-4-1-2-5-9(8)11(17)15-14-10/h1-2,4-5,16H,3,6-7H2,(H,13,18)(H,15,17). The molecule has 0 atom stereocenters. The fraction of sp³-hybridized carbons (Fsp3) is 0.250. The smallest absolute Gasteiger partial charge is 0.272 e. The molecule has 1 aromatic carbocycles. The minimum atomic E-state index is -0.365. The van der Waals surface area contributed by atoms with Crippen molar-refractivity contribution in [1.29, 1.82) is 0 Å². The molecule has 1 amide bonds. The molecule has 0 saturated heterocycles. The van der Waals surface area contributed by atoms with E-state index in [0.29, 0.717) is 23.7 Å². The topological polar surface area (TPSA) is 95.1 Å². The van der Waals surface area contributed by atoms with Gasteiger partial charge in [0.1, 0.15) is 0 Å². The zero-order valence-corrected chi connectivity index (χ0v) is 9.64. The first kappa shape index (κ1) is 12.3. The molecule has 0 aliphatic heterocycles. The maximum Gasteiger partial charge on any atom is 0.272 e. The highest BCUT2D eigenvalue weighted by Crippen LogP contribution is 2.11. The molecule has 1 heterocycles. The van der Waals surface area contributed by atoms with E-state index in [9.17, 15) is 9.59 Å². The summed E-state index contributed by atoms with van der Waals surface area (Å²) in [7, 11) is 0. The van der Waals surface area contributed by atoms with Crippen molar-refractivity contribution in [3.8, 4) is 0 Å². The van der Waals surface area contributed by atoms with E-state index < -0.39 is 0 Å². The Labute approximate surface area is 103 Å². The van der Waals surface area contributed by atoms with Gasteiger partial charge in [-0.3, -0.25) is 9.59 Å². The number of H-pyrrole nitrogens is 1. The minimum Gasteiger partial charge on any atom is -0.396 e. The van der Waals surface area contributed by atoms with Crippen molar-refractivity contribution >= 4 is 16.7 Å². The summed E-state index contributed by atoms with van der Waals surface area (Å²) < 4.78 is 0. The first-order chi connectivity index (χ1) is 8.74. The number of carbonyl (C=O) groups is 1. The fourth-order valence-corrected chi connectivity index (χ4v) is 1.65. The molecule has 0 unspecified atom stereocenters. The number of hydrogen-bond acceptors (Lipinski definition) is 4. The first-order valence-electron chi connectivity index (χ1n) is 5.60. The summed E-state index contributed by atoms with van der Waals surface area (Å²) in [4.78, 5) is 23.4. The molecule has 0 bridgehead atoms. The molecule has 94 valence electrons. The number of benzene rings is 1. The molecular formula is C12H13N3O3. The Hall–Kier alpha value is -2.21. The summed E-state index contributed by atoms with van der Waals surface area (Å²) in [6.45, 7) is 0.380. The second-order valence-corrected chi connectivity index (χ2v) is 3.78. The van der Waals surface area contributed by atoms with Crippen LogP contribution in [0.2, 0.25) is 0 Å². The molecule has 0 radical (unpaired) electrons. The molecule has 0 aliphatic rings. The third-order valence-corrected chi connectivity index (χ3v) is 2.53. The van der Waals surface area contributed by atoms with Crippen LogP contribution in [0.15, 0.2) is 29.1 Å². The highest BCUT2D eigenvalue weighted by atomic mass is 16.3. The van der Waals surface area contributed by atoms with Crippen molar-refractivity contribution in [1.82, 2.24) is 15.5 Å². The van der Waals surface area contributed by atoms with Crippen molar-refractivity contribution < 1.29 is 9.90 Å². The van der Waals surface area contributed by atoms with Crippen LogP contribution in [0.3, 0.4) is 0 Å². The Morgan fingerprint density at radius 3 is 2.78 bits per heavy atom. The average Bonchev–Trinajstić information content (AvgIpc) is 2.39. The van der Waals surface area contributed by atoms with Crippen LogP contribution in [0.5, 0.6) is 0 Å². The summed E-state index contributed by atoms with van der Waals surface area (Å²) in [5, 5.41) is 18.3. The van der Waals surface area contributed by atoms with Crippen molar-refractivity contribution in [2.24, 2.45) is 0 Å². The van der Waals surface area contributed by atoms with Gasteiger partial charge < -0.3 is 10.4 Å². The number of carbonyl (C=O) groups excluding carboxylic acids is 1. The van der Waals surface area contributed by atoms with Gasteiger partial charge in [0, 0.05) is 18.5 Å². The summed E-state index contributed by atoms with van der Waals surface area (Å²) in [5.41, 5.74) is -0.138. The second-order valence-electron chi connectivity index (χ2n) is 3.78. The minimum absolute atomic E-state index is 0.0140. The van der Waals surface area contributed by atoms with Gasteiger partial charge in [0.2, 0.25) is 0 Å². The maximum atomic E-state index is 11.9. The number of fused-ring (bicyclic) bond motifs is 1. The number of amides is 1. The normalized spacial score (nSPS) is 10.5. The molecule has 0 fully saturated rings. The molecule has 6 nitrogen and oxygen atoms in total. The Morgan fingerprint density at radius 1 is 1.33 bits per heavy atom. The van der Waals surface area contributed by atoms with Gasteiger partial charge in [0.25, 0.3) is 11.5 Å². The largest absolute Gasteiger partial charge is 0.396 e. The van der Waals surface area contributed by atoms with Gasteiger partial charge in [-0.05, 0) is 12.5 Å². The highest BCUT2D eigenvalue weighted by Gasteiger charge is 2.12. The van der Waals surface area contributed by atoms with Crippen molar-refractivity contribution in [2.75, 3.05) is 13.2 Å². The lowest BCUT2D eigenvalue weighted by molar-refractivity contribution is 0.0947. The summed E-state index contributed by atoms with van der Waals surface area (Å²) >= 11 is 0. The number of nitrogens with zero attached hydrogens (tertiary/aromatic N) is 1. The van der Waals surface area contributed by atoms with Gasteiger partial charge in [-0.15, -0.1) is 0 Å². The molecule has 18 heavy (non-hydrogen) atoms. The van der Waals surface area contributed by atoms with Gasteiger partial charge in [0.15, 0.2) is 5.69 Å². The highest BCUT2D eigenvalue weighted by molar-refractivity contribution is 6.04. The Balaban J connectivity index is 2.36. The predicted octanol–water partition coefficient (Wildman–Crippen LogP) is 0.0353. The average molecular weight is 247 g/mol. The number of aliphatic hydroxyl groups excluding tert-OH is 1. The van der Waals surface area contributed by atoms with E-state index in [1.807, 2.05) is 0 Å². The number of aliphatic hydroxyl groups is 1. The molecule has 0 aliphatic carbocycles. The number of hydrogen-bond donors (Lipinski definition) is 3. The van der Waals surface area contributed by atoms with Crippen molar-refractivity contribution in [3.63, 3.8) is 0 Å². The number of aromatic amines is 1. The van der Waals surface area contributed by atoms with E-state index in [1.165, 1.54) is 0 Å². The lowest BCUT2D eigenvalue weighted by atomic mass is 10.1. The molecule has 2 rings (SSSR count). The van der Waals surface area contributed by atoms with E-state index in [2.05, 4.69) is 15.5 Å². The summed E-state index contributed by atoms with van der Waals surface area (Å²) in [6, 6.07) is 6.79. The van der Waals surface area contributed by atoms with Crippen LogP contribution < -0.4 is 10.9 Å². The van der Waals surface area contributed by atoms with Gasteiger partial charge in [-0.25, -0.2) is 5.10 Å². The van der Waals surface area contributed by atoms with Crippen LogP contribution in [0, 0.1) is 0 Å². The van der Waals surface area contributed by atoms with Crippen LogP contribution >= 0.6 is 0 Å². The lowest BCUT2D eigenvalue weighted by Crippen LogP contribution is -2.27. The van der Waals surface area contributed by atoms with Crippen LogP contribution in [0.25, 0.3) is 10.8 Å². The first-order valence-corrected chi connectivity index (χ1v) is 5.60. The number of rotatable bonds is 4. The fourth-order valence-electron chi connectivity index (χ4n) is 1.65. The number of aromatic nitrogens is 2. The quantitative estimate of drug-likeness (QED) is 0.664. The third-order valence-electron chi connectivity index (χ3n) is 2.53. The van der Waals surface area contributed by atoms with Gasteiger partial charge in [-0.2, -0.15) is 5.10 Å². The van der Waals surface area contributed by atoms with Crippen LogP contribution in [-0.4, -0.2) is 34.4 Å². The van der Waals surface area contributed by atoms with Crippen LogP contribution in [0.1, 0.15) is 16.9 Å². The monoisotopic (exact) mass is 247 g/mol. The van der Waals surface area contributed by atoms with Crippen molar-refractivity contribution in [2.45, 2.75) is 6.42 Å². The predicted molar refractivity (Wildman–Crippen MR) is 66.4 cm³/mol. The van der Waals surface area contributed by atoms with E-state index >= 15 is 0 Å². The van der Waals surface area contributed by atoms with E-state index in [0.717, 1.165) is 0 Å². The zero-order valence-electron chi connectivity index (χ0n) is 9.64. The number of nitrogens with one attached hydrogen (secondary N) is 2. The van der Waals surface area contributed by atoms with E-state index in [1.54, 1.807) is 24.3 Å². The molecule has 3 N–H and O–H groups in total. The summed E-state index contributed by atoms with van der Waals surface area (Å²) in [5.74, 6) is -0.365. The molecule has 0 spiro atoms. The maximum absolute atomic E-state index is 11.9. The van der Waals surface area contributed by atoms with Crippen LogP contribution in [-0.2, 0) is 0 Å². The van der Waals surface area contributed by atoms with Crippen molar-refractivity contribution in [3.05, 3.63) is 40.3 Å². The van der Waals surface area contributed by atoms with E-state index in [4.69, 9.17) is 5.11 Å².